The molecule has 0 radical (unpaired) electrons. The third-order valence-electron chi connectivity index (χ3n) is 3.24. The van der Waals surface area contributed by atoms with Gasteiger partial charge in [0, 0.05) is 5.38 Å². The molecule has 2 heterocycles. The first-order valence-corrected chi connectivity index (χ1v) is 7.35. The SMILES string of the molecule is CCCCc1ccc(-c2csc3nnc(N)n23)cc1. The van der Waals surface area contributed by atoms with Crippen molar-refractivity contribution in [3.05, 3.63) is 35.2 Å². The first kappa shape index (κ1) is 12.2. The number of hydrogen-bond acceptors (Lipinski definition) is 4. The van der Waals surface area contributed by atoms with Gasteiger partial charge in [0.15, 0.2) is 0 Å². The van der Waals surface area contributed by atoms with E-state index < -0.39 is 0 Å². The van der Waals surface area contributed by atoms with Gasteiger partial charge in [-0.2, -0.15) is 0 Å². The summed E-state index contributed by atoms with van der Waals surface area (Å²) >= 11 is 1.56. The van der Waals surface area contributed by atoms with Gasteiger partial charge >= 0.3 is 0 Å². The molecule has 19 heavy (non-hydrogen) atoms. The van der Waals surface area contributed by atoms with Crippen LogP contribution in [0.5, 0.6) is 0 Å². The number of hydrogen-bond donors (Lipinski definition) is 1. The first-order chi connectivity index (χ1) is 9.29. The molecule has 3 rings (SSSR count). The fraction of sp³-hybridized carbons (Fsp3) is 0.286. The molecule has 0 bridgehead atoms. The normalized spacial score (nSPS) is 11.2. The van der Waals surface area contributed by atoms with Gasteiger partial charge in [-0.1, -0.05) is 37.6 Å². The number of benzene rings is 1. The highest BCUT2D eigenvalue weighted by Crippen LogP contribution is 2.27. The molecule has 98 valence electrons. The Labute approximate surface area is 115 Å². The smallest absolute Gasteiger partial charge is 0.227 e. The zero-order valence-electron chi connectivity index (χ0n) is 10.8. The Morgan fingerprint density at radius 3 is 2.74 bits per heavy atom. The molecule has 2 aromatic heterocycles. The van der Waals surface area contributed by atoms with E-state index in [9.17, 15) is 0 Å². The highest BCUT2D eigenvalue weighted by molar-refractivity contribution is 7.15. The van der Waals surface area contributed by atoms with Gasteiger partial charge in [-0.15, -0.1) is 21.5 Å². The van der Waals surface area contributed by atoms with Crippen molar-refractivity contribution in [3.63, 3.8) is 0 Å². The summed E-state index contributed by atoms with van der Waals surface area (Å²) in [6, 6.07) is 8.67. The highest BCUT2D eigenvalue weighted by Gasteiger charge is 2.10. The highest BCUT2D eigenvalue weighted by atomic mass is 32.1. The fourth-order valence-corrected chi connectivity index (χ4v) is 3.01. The zero-order valence-corrected chi connectivity index (χ0v) is 11.7. The Kier molecular flexibility index (Phi) is 3.21. The Morgan fingerprint density at radius 1 is 1.21 bits per heavy atom. The van der Waals surface area contributed by atoms with Gasteiger partial charge in [0.1, 0.15) is 0 Å². The standard InChI is InChI=1S/C14H16N4S/c1-2-3-4-10-5-7-11(8-6-10)12-9-19-14-17-16-13(15)18(12)14/h5-9H,2-4H2,1H3,(H2,15,16). The summed E-state index contributed by atoms with van der Waals surface area (Å²) in [5.74, 6) is 0.446. The number of fused-ring (bicyclic) bond motifs is 1. The van der Waals surface area contributed by atoms with Crippen molar-refractivity contribution < 1.29 is 0 Å². The third kappa shape index (κ3) is 2.21. The summed E-state index contributed by atoms with van der Waals surface area (Å²) in [6.07, 6.45) is 3.61. The Balaban J connectivity index is 1.95. The van der Waals surface area contributed by atoms with Crippen LogP contribution in [0, 0.1) is 0 Å². The minimum absolute atomic E-state index is 0.446. The molecule has 0 saturated carbocycles. The number of unbranched alkanes of at least 4 members (excludes halogenated alkanes) is 1. The molecule has 0 aliphatic rings. The van der Waals surface area contributed by atoms with Gasteiger partial charge in [-0.3, -0.25) is 4.40 Å². The molecule has 0 atom stereocenters. The number of thiazole rings is 1. The topological polar surface area (TPSA) is 56.2 Å². The minimum atomic E-state index is 0.446. The lowest BCUT2D eigenvalue weighted by atomic mass is 10.1. The molecule has 0 amide bonds. The van der Waals surface area contributed by atoms with Gasteiger partial charge in [-0.25, -0.2) is 0 Å². The monoisotopic (exact) mass is 272 g/mol. The van der Waals surface area contributed by atoms with Crippen LogP contribution in [0.4, 0.5) is 5.95 Å². The number of nitrogen functional groups attached to an aromatic ring is 1. The van der Waals surface area contributed by atoms with E-state index in [-0.39, 0.29) is 0 Å². The molecule has 0 aliphatic carbocycles. The van der Waals surface area contributed by atoms with E-state index in [1.807, 2.05) is 4.40 Å². The maximum Gasteiger partial charge on any atom is 0.227 e. The average molecular weight is 272 g/mol. The second kappa shape index (κ2) is 5.01. The van der Waals surface area contributed by atoms with E-state index in [0.29, 0.717) is 5.95 Å². The molecule has 5 heteroatoms. The molecule has 0 spiro atoms. The predicted octanol–water partition coefficient (Wildman–Crippen LogP) is 3.38. The number of rotatable bonds is 4. The van der Waals surface area contributed by atoms with E-state index in [4.69, 9.17) is 5.73 Å². The summed E-state index contributed by atoms with van der Waals surface area (Å²) in [7, 11) is 0. The van der Waals surface area contributed by atoms with Crippen LogP contribution in [0.25, 0.3) is 16.2 Å². The summed E-state index contributed by atoms with van der Waals surface area (Å²) in [5, 5.41) is 10.0. The van der Waals surface area contributed by atoms with Crippen molar-refractivity contribution >= 4 is 22.2 Å². The fourth-order valence-electron chi connectivity index (χ4n) is 2.17. The Morgan fingerprint density at radius 2 is 2.00 bits per heavy atom. The number of aromatic nitrogens is 3. The molecule has 3 aromatic rings. The van der Waals surface area contributed by atoms with Crippen LogP contribution in [-0.2, 0) is 6.42 Å². The molecule has 0 aliphatic heterocycles. The van der Waals surface area contributed by atoms with Crippen LogP contribution in [0.1, 0.15) is 25.3 Å². The van der Waals surface area contributed by atoms with Crippen molar-refractivity contribution in [3.8, 4) is 11.3 Å². The second-order valence-corrected chi connectivity index (χ2v) is 5.43. The van der Waals surface area contributed by atoms with Gasteiger partial charge < -0.3 is 5.73 Å². The quantitative estimate of drug-likeness (QED) is 0.792. The molecule has 4 nitrogen and oxygen atoms in total. The summed E-state index contributed by atoms with van der Waals surface area (Å²) in [6.45, 7) is 2.21. The number of nitrogens with zero attached hydrogens (tertiary/aromatic N) is 3. The van der Waals surface area contributed by atoms with Gasteiger partial charge in [0.25, 0.3) is 0 Å². The van der Waals surface area contributed by atoms with E-state index in [2.05, 4.69) is 46.8 Å². The van der Waals surface area contributed by atoms with E-state index in [1.165, 1.54) is 18.4 Å². The molecule has 0 saturated heterocycles. The molecular weight excluding hydrogens is 256 g/mol. The summed E-state index contributed by atoms with van der Waals surface area (Å²) in [4.78, 5) is 0.836. The van der Waals surface area contributed by atoms with Crippen LogP contribution in [-0.4, -0.2) is 14.6 Å². The average Bonchev–Trinajstić information content (AvgIpc) is 3.01. The first-order valence-electron chi connectivity index (χ1n) is 6.47. The number of aryl methyl sites for hydroxylation is 1. The van der Waals surface area contributed by atoms with Gasteiger partial charge in [-0.05, 0) is 24.0 Å². The van der Waals surface area contributed by atoms with Crippen LogP contribution < -0.4 is 5.73 Å². The van der Waals surface area contributed by atoms with Crippen molar-refractivity contribution in [2.24, 2.45) is 0 Å². The van der Waals surface area contributed by atoms with Crippen molar-refractivity contribution in [1.29, 1.82) is 0 Å². The number of nitrogens with two attached hydrogens (primary N) is 1. The third-order valence-corrected chi connectivity index (χ3v) is 4.06. The van der Waals surface area contributed by atoms with E-state index >= 15 is 0 Å². The van der Waals surface area contributed by atoms with Crippen molar-refractivity contribution in [2.75, 3.05) is 5.73 Å². The second-order valence-electron chi connectivity index (χ2n) is 4.60. The lowest BCUT2D eigenvalue weighted by molar-refractivity contribution is 0.795. The van der Waals surface area contributed by atoms with E-state index in [1.54, 1.807) is 11.3 Å². The van der Waals surface area contributed by atoms with Crippen LogP contribution in [0.3, 0.4) is 0 Å². The molecule has 0 fully saturated rings. The summed E-state index contributed by atoms with van der Waals surface area (Å²) < 4.78 is 1.89. The molecular formula is C14H16N4S. The van der Waals surface area contributed by atoms with Crippen LogP contribution in [0.2, 0.25) is 0 Å². The van der Waals surface area contributed by atoms with Gasteiger partial charge in [0.05, 0.1) is 5.69 Å². The predicted molar refractivity (Wildman–Crippen MR) is 79.3 cm³/mol. The number of anilines is 1. The van der Waals surface area contributed by atoms with Crippen LogP contribution >= 0.6 is 11.3 Å². The van der Waals surface area contributed by atoms with Crippen molar-refractivity contribution in [2.45, 2.75) is 26.2 Å². The maximum atomic E-state index is 5.85. The van der Waals surface area contributed by atoms with Crippen LogP contribution in [0.15, 0.2) is 29.6 Å². The van der Waals surface area contributed by atoms with Gasteiger partial charge in [0.2, 0.25) is 10.9 Å². The Hall–Kier alpha value is -1.88. The Bertz CT molecular complexity index is 681. The largest absolute Gasteiger partial charge is 0.368 e. The molecule has 0 unspecified atom stereocenters. The lowest BCUT2D eigenvalue weighted by Gasteiger charge is -2.03. The van der Waals surface area contributed by atoms with E-state index in [0.717, 1.165) is 22.6 Å². The minimum Gasteiger partial charge on any atom is -0.368 e. The lowest BCUT2D eigenvalue weighted by Crippen LogP contribution is -1.95. The van der Waals surface area contributed by atoms with Crippen molar-refractivity contribution in [1.82, 2.24) is 14.6 Å². The maximum absolute atomic E-state index is 5.85. The molecule has 2 N–H and O–H groups in total. The zero-order chi connectivity index (χ0) is 13.2. The summed E-state index contributed by atoms with van der Waals surface area (Å²) in [5.41, 5.74) is 9.44. The molecule has 1 aromatic carbocycles.